The Bertz CT molecular complexity index is 937. The maximum Gasteiger partial charge on any atom is 0.277 e. The number of ether oxygens (including phenoxy) is 2. The molecule has 0 fully saturated rings. The third-order valence-electron chi connectivity index (χ3n) is 3.79. The van der Waals surface area contributed by atoms with Gasteiger partial charge in [-0.3, -0.25) is 4.79 Å². The molecule has 3 rings (SSSR count). The fraction of sp³-hybridized carbons (Fsp3) is 0.278. The Morgan fingerprint density at radius 2 is 1.96 bits per heavy atom. The van der Waals surface area contributed by atoms with Gasteiger partial charge < -0.3 is 23.6 Å². The van der Waals surface area contributed by atoms with Gasteiger partial charge in [0.1, 0.15) is 5.76 Å². The van der Waals surface area contributed by atoms with Crippen molar-refractivity contribution in [3.05, 3.63) is 36.3 Å². The van der Waals surface area contributed by atoms with Crippen molar-refractivity contribution in [1.29, 1.82) is 0 Å². The second kappa shape index (κ2) is 8.17. The number of nitrogens with zero attached hydrogens (tertiary/aromatic N) is 2. The van der Waals surface area contributed by atoms with Gasteiger partial charge in [0.25, 0.3) is 11.1 Å². The van der Waals surface area contributed by atoms with E-state index in [0.717, 1.165) is 5.56 Å². The number of aromatic nitrogens is 2. The van der Waals surface area contributed by atoms with Gasteiger partial charge in [0.15, 0.2) is 11.5 Å². The van der Waals surface area contributed by atoms with Crippen LogP contribution in [0.3, 0.4) is 0 Å². The third-order valence-corrected chi connectivity index (χ3v) is 4.73. The molecule has 0 spiro atoms. The Morgan fingerprint density at radius 3 is 2.63 bits per heavy atom. The standard InChI is InChI=1S/C18H19N3O5S/c1-10-13(7-8-25-10)17-20-21-18(26-17)27-11(2)16(22)19-12-5-6-14(23-3)15(9-12)24-4/h5-9,11H,1-4H3,(H,19,22)/t11-/m1/s1. The first kappa shape index (κ1) is 18.8. The number of benzene rings is 1. The van der Waals surface area contributed by atoms with Crippen molar-refractivity contribution >= 4 is 23.4 Å². The number of anilines is 1. The number of carbonyl (C=O) groups excluding carboxylic acids is 1. The molecule has 0 saturated heterocycles. The van der Waals surface area contributed by atoms with Crippen molar-refractivity contribution in [2.75, 3.05) is 19.5 Å². The molecule has 0 aliphatic heterocycles. The zero-order valence-corrected chi connectivity index (χ0v) is 16.1. The van der Waals surface area contributed by atoms with Crippen LogP contribution in [-0.4, -0.2) is 35.6 Å². The second-order valence-electron chi connectivity index (χ2n) is 5.58. The molecule has 3 aromatic rings. The van der Waals surface area contributed by atoms with E-state index < -0.39 is 5.25 Å². The number of methoxy groups -OCH3 is 2. The van der Waals surface area contributed by atoms with Crippen molar-refractivity contribution < 1.29 is 23.1 Å². The van der Waals surface area contributed by atoms with E-state index >= 15 is 0 Å². The molecule has 0 saturated carbocycles. The van der Waals surface area contributed by atoms with Gasteiger partial charge >= 0.3 is 0 Å². The minimum absolute atomic E-state index is 0.202. The lowest BCUT2D eigenvalue weighted by atomic mass is 10.2. The summed E-state index contributed by atoms with van der Waals surface area (Å²) in [5.41, 5.74) is 1.34. The van der Waals surface area contributed by atoms with Crippen molar-refractivity contribution in [2.45, 2.75) is 24.3 Å². The van der Waals surface area contributed by atoms with Crippen molar-refractivity contribution in [1.82, 2.24) is 10.2 Å². The van der Waals surface area contributed by atoms with Gasteiger partial charge in [0.05, 0.1) is 31.3 Å². The van der Waals surface area contributed by atoms with Crippen LogP contribution in [0.4, 0.5) is 5.69 Å². The molecule has 2 aromatic heterocycles. The van der Waals surface area contributed by atoms with Crippen LogP contribution in [0.15, 0.2) is 44.6 Å². The highest BCUT2D eigenvalue weighted by Gasteiger charge is 2.20. The largest absolute Gasteiger partial charge is 0.493 e. The van der Waals surface area contributed by atoms with Gasteiger partial charge in [-0.05, 0) is 32.0 Å². The molecule has 2 heterocycles. The fourth-order valence-corrected chi connectivity index (χ4v) is 3.02. The molecule has 1 atom stereocenters. The van der Waals surface area contributed by atoms with Crippen LogP contribution in [-0.2, 0) is 4.79 Å². The third kappa shape index (κ3) is 4.25. The fourth-order valence-electron chi connectivity index (χ4n) is 2.34. The summed E-state index contributed by atoms with van der Waals surface area (Å²) >= 11 is 1.17. The summed E-state index contributed by atoms with van der Waals surface area (Å²) in [6.07, 6.45) is 1.56. The average molecular weight is 389 g/mol. The van der Waals surface area contributed by atoms with E-state index in [1.165, 1.54) is 18.9 Å². The Labute approximate surface area is 160 Å². The predicted octanol–water partition coefficient (Wildman–Crippen LogP) is 3.77. The lowest BCUT2D eigenvalue weighted by Crippen LogP contribution is -2.22. The lowest BCUT2D eigenvalue weighted by molar-refractivity contribution is -0.115. The SMILES string of the molecule is COc1ccc(NC(=O)[C@@H](C)Sc2nnc(-c3ccoc3C)o2)cc1OC. The van der Waals surface area contributed by atoms with Gasteiger partial charge in [-0.1, -0.05) is 11.8 Å². The number of nitrogens with one attached hydrogen (secondary N) is 1. The highest BCUT2D eigenvalue weighted by atomic mass is 32.2. The number of thioether (sulfide) groups is 1. The summed E-state index contributed by atoms with van der Waals surface area (Å²) in [6, 6.07) is 6.91. The highest BCUT2D eigenvalue weighted by Crippen LogP contribution is 2.31. The van der Waals surface area contributed by atoms with Crippen molar-refractivity contribution in [3.63, 3.8) is 0 Å². The van der Waals surface area contributed by atoms with Crippen LogP contribution < -0.4 is 14.8 Å². The van der Waals surface area contributed by atoms with Crippen LogP contribution in [0.2, 0.25) is 0 Å². The summed E-state index contributed by atoms with van der Waals surface area (Å²) in [5.74, 6) is 1.97. The molecule has 1 amide bonds. The molecule has 0 aliphatic carbocycles. The highest BCUT2D eigenvalue weighted by molar-refractivity contribution is 8.00. The molecule has 0 aliphatic rings. The number of carbonyl (C=O) groups is 1. The number of hydrogen-bond acceptors (Lipinski definition) is 8. The summed E-state index contributed by atoms with van der Waals surface area (Å²) in [4.78, 5) is 12.5. The summed E-state index contributed by atoms with van der Waals surface area (Å²) < 4.78 is 21.3. The zero-order chi connectivity index (χ0) is 19.4. The minimum Gasteiger partial charge on any atom is -0.493 e. The van der Waals surface area contributed by atoms with E-state index in [1.807, 2.05) is 6.92 Å². The molecule has 1 aromatic carbocycles. The lowest BCUT2D eigenvalue weighted by Gasteiger charge is -2.12. The molecule has 0 bridgehead atoms. The number of rotatable bonds is 7. The topological polar surface area (TPSA) is 99.6 Å². The van der Waals surface area contributed by atoms with E-state index in [9.17, 15) is 4.79 Å². The normalized spacial score (nSPS) is 11.9. The quantitative estimate of drug-likeness (QED) is 0.610. The first-order chi connectivity index (χ1) is 13.0. The Kier molecular flexibility index (Phi) is 5.70. The molecule has 142 valence electrons. The van der Waals surface area contributed by atoms with Crippen molar-refractivity contribution in [2.24, 2.45) is 0 Å². The molecule has 8 nitrogen and oxygen atoms in total. The summed E-state index contributed by atoms with van der Waals surface area (Å²) in [6.45, 7) is 3.57. The van der Waals surface area contributed by atoms with Crippen LogP contribution >= 0.6 is 11.8 Å². The zero-order valence-electron chi connectivity index (χ0n) is 15.3. The van der Waals surface area contributed by atoms with Gasteiger partial charge in [-0.15, -0.1) is 10.2 Å². The Hall–Kier alpha value is -2.94. The first-order valence-corrected chi connectivity index (χ1v) is 8.97. The Morgan fingerprint density at radius 1 is 1.19 bits per heavy atom. The maximum absolute atomic E-state index is 12.5. The molecule has 9 heteroatoms. The van der Waals surface area contributed by atoms with E-state index in [2.05, 4.69) is 15.5 Å². The van der Waals surface area contributed by atoms with Crippen LogP contribution in [0.25, 0.3) is 11.5 Å². The van der Waals surface area contributed by atoms with Gasteiger partial charge in [-0.25, -0.2) is 0 Å². The van der Waals surface area contributed by atoms with E-state index in [0.29, 0.717) is 34.1 Å². The van der Waals surface area contributed by atoms with Gasteiger partial charge in [0, 0.05) is 11.8 Å². The van der Waals surface area contributed by atoms with Gasteiger partial charge in [0.2, 0.25) is 5.91 Å². The molecule has 0 unspecified atom stereocenters. The molecule has 0 radical (unpaired) electrons. The second-order valence-corrected chi connectivity index (χ2v) is 6.87. The molecular formula is C18H19N3O5S. The van der Waals surface area contributed by atoms with E-state index in [4.69, 9.17) is 18.3 Å². The van der Waals surface area contributed by atoms with E-state index in [1.54, 1.807) is 44.6 Å². The smallest absolute Gasteiger partial charge is 0.277 e. The number of hydrogen-bond donors (Lipinski definition) is 1. The van der Waals surface area contributed by atoms with Crippen LogP contribution in [0.5, 0.6) is 11.5 Å². The maximum atomic E-state index is 12.5. The molecular weight excluding hydrogens is 370 g/mol. The van der Waals surface area contributed by atoms with Gasteiger partial charge in [-0.2, -0.15) is 0 Å². The first-order valence-electron chi connectivity index (χ1n) is 8.09. The predicted molar refractivity (Wildman–Crippen MR) is 100 cm³/mol. The molecule has 1 N–H and O–H groups in total. The average Bonchev–Trinajstić information content (AvgIpc) is 3.30. The minimum atomic E-state index is -0.447. The number of aryl methyl sites for hydroxylation is 1. The number of furan rings is 1. The number of amides is 1. The van der Waals surface area contributed by atoms with Crippen LogP contribution in [0, 0.1) is 6.92 Å². The monoisotopic (exact) mass is 389 g/mol. The molecule has 27 heavy (non-hydrogen) atoms. The van der Waals surface area contributed by atoms with E-state index in [-0.39, 0.29) is 5.91 Å². The summed E-state index contributed by atoms with van der Waals surface area (Å²) in [5, 5.41) is 10.7. The van der Waals surface area contributed by atoms with Crippen molar-refractivity contribution in [3.8, 4) is 23.0 Å². The Balaban J connectivity index is 1.64. The van der Waals surface area contributed by atoms with Crippen LogP contribution in [0.1, 0.15) is 12.7 Å². The summed E-state index contributed by atoms with van der Waals surface area (Å²) in [7, 11) is 3.09.